The number of para-hydroxylation sites is 1. The van der Waals surface area contributed by atoms with E-state index in [0.29, 0.717) is 44.3 Å². The number of aromatic hydroxyl groups is 1. The van der Waals surface area contributed by atoms with E-state index in [1.165, 1.54) is 11.0 Å². The summed E-state index contributed by atoms with van der Waals surface area (Å²) in [4.78, 5) is 47.5. The summed E-state index contributed by atoms with van der Waals surface area (Å²) in [6, 6.07) is 9.20. The van der Waals surface area contributed by atoms with Gasteiger partial charge in [0, 0.05) is 50.9 Å². The van der Waals surface area contributed by atoms with E-state index in [4.69, 9.17) is 16.3 Å². The van der Waals surface area contributed by atoms with Gasteiger partial charge in [-0.3, -0.25) is 4.79 Å². The predicted molar refractivity (Wildman–Crippen MR) is 177 cm³/mol. The maximum Gasteiger partial charge on any atom is 0.420 e. The van der Waals surface area contributed by atoms with Crippen molar-refractivity contribution in [2.75, 3.05) is 51.6 Å². The summed E-state index contributed by atoms with van der Waals surface area (Å²) < 4.78 is 46.9. The molecule has 0 bridgehead atoms. The number of phenols is 1. The van der Waals surface area contributed by atoms with Gasteiger partial charge < -0.3 is 34.8 Å². The number of alkyl halides is 3. The molecule has 4 aliphatic rings. The Kier molecular flexibility index (Phi) is 10.5. The molecule has 0 aromatic heterocycles. The Labute approximate surface area is 289 Å². The summed E-state index contributed by atoms with van der Waals surface area (Å²) in [6.45, 7) is 4.06. The zero-order chi connectivity index (χ0) is 34.9. The number of fused-ring (bicyclic) bond motifs is 1. The third kappa shape index (κ3) is 8.03. The summed E-state index contributed by atoms with van der Waals surface area (Å²) >= 11 is 5.98. The van der Waals surface area contributed by atoms with Gasteiger partial charge in [-0.2, -0.15) is 13.2 Å². The second-order valence-corrected chi connectivity index (χ2v) is 14.2. The lowest BCUT2D eigenvalue weighted by molar-refractivity contribution is -0.142. The lowest BCUT2D eigenvalue weighted by Crippen LogP contribution is -2.52. The zero-order valence-corrected chi connectivity index (χ0v) is 28.3. The number of carbonyl (C=O) groups is 3. The minimum atomic E-state index is -4.88. The number of rotatable bonds is 6. The summed E-state index contributed by atoms with van der Waals surface area (Å²) in [7, 11) is 2.12. The van der Waals surface area contributed by atoms with Gasteiger partial charge >= 0.3 is 18.3 Å². The van der Waals surface area contributed by atoms with E-state index in [-0.39, 0.29) is 37.1 Å². The fourth-order valence-corrected chi connectivity index (χ4v) is 7.99. The summed E-state index contributed by atoms with van der Waals surface area (Å²) in [6.07, 6.45) is -2.51. The van der Waals surface area contributed by atoms with Gasteiger partial charge in [-0.15, -0.1) is 0 Å². The zero-order valence-electron chi connectivity index (χ0n) is 27.6. The molecule has 3 saturated heterocycles. The molecule has 2 aromatic rings. The van der Waals surface area contributed by atoms with E-state index in [0.717, 1.165) is 56.1 Å². The van der Waals surface area contributed by atoms with Gasteiger partial charge in [0.05, 0.1) is 10.6 Å². The van der Waals surface area contributed by atoms with E-state index in [9.17, 15) is 32.7 Å². The van der Waals surface area contributed by atoms with Gasteiger partial charge in [-0.1, -0.05) is 29.8 Å². The molecule has 49 heavy (non-hydrogen) atoms. The minimum Gasteiger partial charge on any atom is -0.506 e. The van der Waals surface area contributed by atoms with E-state index < -0.39 is 40.6 Å². The second-order valence-electron chi connectivity index (χ2n) is 13.8. The number of phenolic OH excluding ortho intramolecular Hbond substituents is 1. The van der Waals surface area contributed by atoms with Crippen LogP contribution in [0.4, 0.5) is 28.4 Å². The molecule has 2 N–H and O–H groups in total. The first-order chi connectivity index (χ1) is 23.4. The van der Waals surface area contributed by atoms with Crippen LogP contribution in [-0.4, -0.2) is 101 Å². The highest BCUT2D eigenvalue weighted by Crippen LogP contribution is 2.41. The normalized spacial score (nSPS) is 20.9. The standard InChI is InChI=1S/C35H43ClF3N5O5/c1-41-12-6-23(7-13-41)24-8-14-42(15-9-24)32(46)30(20-22-18-27(35(37,38)39)31(45)28(36)19-22)49-34(48)43-16-10-26(11-17-43)44-21-25-4-2-3-5-29(25)40-33(44)47/h2-5,18-19,23-24,26,30,45H,6-17,20-21H2,1H3,(H,40,47)/t30-/m1/s1. The van der Waals surface area contributed by atoms with Crippen LogP contribution in [0.25, 0.3) is 0 Å². The number of piperidine rings is 3. The minimum absolute atomic E-state index is 0.0117. The van der Waals surface area contributed by atoms with Gasteiger partial charge in [-0.05, 0) is 99.8 Å². The van der Waals surface area contributed by atoms with Gasteiger partial charge in [-0.25, -0.2) is 9.59 Å². The monoisotopic (exact) mass is 705 g/mol. The number of nitrogens with one attached hydrogen (secondary N) is 1. The van der Waals surface area contributed by atoms with Crippen molar-refractivity contribution in [1.82, 2.24) is 19.6 Å². The van der Waals surface area contributed by atoms with Crippen LogP contribution >= 0.6 is 11.6 Å². The lowest BCUT2D eigenvalue weighted by Gasteiger charge is -2.41. The quantitative estimate of drug-likeness (QED) is 0.371. The molecule has 1 atom stereocenters. The molecular formula is C35H43ClF3N5O5. The number of amides is 4. The fourth-order valence-electron chi connectivity index (χ4n) is 7.75. The van der Waals surface area contributed by atoms with Crippen molar-refractivity contribution < 1.29 is 37.4 Å². The Morgan fingerprint density at radius 1 is 0.959 bits per heavy atom. The molecule has 3 fully saturated rings. The molecule has 0 unspecified atom stereocenters. The Bertz CT molecular complexity index is 1540. The molecule has 2 aromatic carbocycles. The van der Waals surface area contributed by atoms with E-state index in [2.05, 4.69) is 17.3 Å². The highest BCUT2D eigenvalue weighted by Gasteiger charge is 2.39. The number of urea groups is 1. The Morgan fingerprint density at radius 3 is 2.22 bits per heavy atom. The van der Waals surface area contributed by atoms with Crippen molar-refractivity contribution >= 4 is 35.3 Å². The van der Waals surface area contributed by atoms with E-state index in [1.54, 1.807) is 9.80 Å². The van der Waals surface area contributed by atoms with Crippen LogP contribution in [0.3, 0.4) is 0 Å². The number of halogens is 4. The average molecular weight is 706 g/mol. The van der Waals surface area contributed by atoms with Gasteiger partial charge in [0.1, 0.15) is 5.75 Å². The number of benzene rings is 2. The smallest absolute Gasteiger partial charge is 0.420 e. The summed E-state index contributed by atoms with van der Waals surface area (Å²) in [5.74, 6) is -0.481. The van der Waals surface area contributed by atoms with E-state index >= 15 is 0 Å². The van der Waals surface area contributed by atoms with Crippen molar-refractivity contribution in [2.24, 2.45) is 11.8 Å². The number of hydrogen-bond donors (Lipinski definition) is 2. The summed E-state index contributed by atoms with van der Waals surface area (Å²) in [5, 5.41) is 12.4. The predicted octanol–water partition coefficient (Wildman–Crippen LogP) is 6.20. The number of nitrogens with zero attached hydrogens (tertiary/aromatic N) is 4. The first kappa shape index (κ1) is 35.1. The molecule has 4 amide bonds. The van der Waals surface area contributed by atoms with Crippen LogP contribution in [-0.2, 0) is 28.7 Å². The Balaban J connectivity index is 1.13. The molecule has 4 heterocycles. The van der Waals surface area contributed by atoms with Crippen LogP contribution in [0.1, 0.15) is 55.2 Å². The van der Waals surface area contributed by atoms with Crippen molar-refractivity contribution in [1.29, 1.82) is 0 Å². The molecule has 0 radical (unpaired) electrons. The Hall–Kier alpha value is -3.71. The van der Waals surface area contributed by atoms with Gasteiger partial charge in [0.25, 0.3) is 5.91 Å². The third-order valence-corrected chi connectivity index (χ3v) is 11.0. The molecule has 0 spiro atoms. The number of ether oxygens (including phenoxy) is 1. The second kappa shape index (κ2) is 14.6. The highest BCUT2D eigenvalue weighted by molar-refractivity contribution is 6.32. The van der Waals surface area contributed by atoms with Crippen molar-refractivity contribution in [3.63, 3.8) is 0 Å². The first-order valence-corrected chi connectivity index (χ1v) is 17.4. The number of carbonyl (C=O) groups excluding carboxylic acids is 3. The average Bonchev–Trinajstić information content (AvgIpc) is 3.09. The largest absolute Gasteiger partial charge is 0.506 e. The van der Waals surface area contributed by atoms with Crippen molar-refractivity contribution in [3.05, 3.63) is 58.1 Å². The molecule has 0 aliphatic carbocycles. The summed E-state index contributed by atoms with van der Waals surface area (Å²) in [5.41, 5.74) is 0.475. The molecule has 10 nitrogen and oxygen atoms in total. The maximum absolute atomic E-state index is 13.9. The Morgan fingerprint density at radius 2 is 1.57 bits per heavy atom. The lowest BCUT2D eigenvalue weighted by atomic mass is 9.79. The third-order valence-electron chi connectivity index (χ3n) is 10.7. The van der Waals surface area contributed by atoms with Crippen LogP contribution in [0, 0.1) is 11.8 Å². The molecule has 4 aliphatic heterocycles. The maximum atomic E-state index is 13.9. The molecule has 14 heteroatoms. The van der Waals surface area contributed by atoms with Gasteiger partial charge in [0.2, 0.25) is 0 Å². The number of anilines is 1. The van der Waals surface area contributed by atoms with Crippen molar-refractivity contribution in [3.8, 4) is 5.75 Å². The first-order valence-electron chi connectivity index (χ1n) is 17.0. The molecule has 266 valence electrons. The van der Waals surface area contributed by atoms with Crippen LogP contribution in [0.5, 0.6) is 5.75 Å². The molecular weight excluding hydrogens is 663 g/mol. The molecule has 0 saturated carbocycles. The van der Waals surface area contributed by atoms with E-state index in [1.807, 2.05) is 24.3 Å². The van der Waals surface area contributed by atoms with Crippen molar-refractivity contribution in [2.45, 2.75) is 69.8 Å². The fraction of sp³-hybridized carbons (Fsp3) is 0.571. The SMILES string of the molecule is CN1CCC(C2CCN(C(=O)[C@@H](Cc3cc(Cl)c(O)c(C(F)(F)F)c3)OC(=O)N3CCC(N4Cc5ccccc5NC4=O)CC3)CC2)CC1. The topological polar surface area (TPSA) is 106 Å². The number of likely N-dealkylation sites (tertiary alicyclic amines) is 3. The van der Waals surface area contributed by atoms with Gasteiger partial charge in [0.15, 0.2) is 6.10 Å². The molecule has 6 rings (SSSR count). The van der Waals surface area contributed by atoms with Crippen LogP contribution in [0.2, 0.25) is 5.02 Å². The van der Waals surface area contributed by atoms with Crippen LogP contribution in [0.15, 0.2) is 36.4 Å². The highest BCUT2D eigenvalue weighted by atomic mass is 35.5. The number of hydrogen-bond acceptors (Lipinski definition) is 6. The van der Waals surface area contributed by atoms with Crippen LogP contribution < -0.4 is 5.32 Å².